The number of aliphatic hydroxyl groups excluding tert-OH is 1. The van der Waals surface area contributed by atoms with Crippen molar-refractivity contribution in [2.24, 2.45) is 0 Å². The molecule has 1 aliphatic rings. The molecule has 0 amide bonds. The first-order valence-electron chi connectivity index (χ1n) is 11.3. The van der Waals surface area contributed by atoms with Crippen molar-refractivity contribution in [2.45, 2.75) is 84.0 Å². The van der Waals surface area contributed by atoms with Crippen LogP contribution in [0, 0.1) is 0 Å². The van der Waals surface area contributed by atoms with Gasteiger partial charge >= 0.3 is 0 Å². The van der Waals surface area contributed by atoms with Crippen LogP contribution in [0.3, 0.4) is 0 Å². The van der Waals surface area contributed by atoms with Crippen molar-refractivity contribution in [1.82, 2.24) is 20.3 Å². The fourth-order valence-electron chi connectivity index (χ4n) is 3.85. The van der Waals surface area contributed by atoms with E-state index < -0.39 is 0 Å². The lowest BCUT2D eigenvalue weighted by molar-refractivity contribution is 0.126. The lowest BCUT2D eigenvalue weighted by Gasteiger charge is -2.27. The zero-order valence-corrected chi connectivity index (χ0v) is 18.5. The van der Waals surface area contributed by atoms with Gasteiger partial charge in [0.05, 0.1) is 17.4 Å². The van der Waals surface area contributed by atoms with Crippen molar-refractivity contribution in [2.75, 3.05) is 17.2 Å². The van der Waals surface area contributed by atoms with E-state index in [0.29, 0.717) is 18.0 Å². The van der Waals surface area contributed by atoms with Crippen molar-refractivity contribution >= 4 is 11.8 Å². The Labute approximate surface area is 180 Å². The van der Waals surface area contributed by atoms with Crippen LogP contribution in [0.4, 0.5) is 11.8 Å². The number of hydrogen-bond donors (Lipinski definition) is 4. The summed E-state index contributed by atoms with van der Waals surface area (Å²) in [5.41, 5.74) is 2.93. The first-order valence-corrected chi connectivity index (χ1v) is 11.3. The first-order chi connectivity index (χ1) is 14.6. The highest BCUT2D eigenvalue weighted by atomic mass is 16.3. The summed E-state index contributed by atoms with van der Waals surface area (Å²) in [5.74, 6) is 1.45. The second-order valence-corrected chi connectivity index (χ2v) is 8.27. The molecule has 1 aliphatic carbocycles. The van der Waals surface area contributed by atoms with E-state index in [0.717, 1.165) is 74.3 Å². The van der Waals surface area contributed by atoms with Gasteiger partial charge in [-0.2, -0.15) is 4.98 Å². The molecule has 30 heavy (non-hydrogen) atoms. The van der Waals surface area contributed by atoms with Crippen LogP contribution in [0.2, 0.25) is 0 Å². The average molecular weight is 413 g/mol. The maximum absolute atomic E-state index is 9.83. The van der Waals surface area contributed by atoms with Gasteiger partial charge in [-0.15, -0.1) is 0 Å². The number of nitrogens with zero attached hydrogens (tertiary/aromatic N) is 3. The second-order valence-electron chi connectivity index (χ2n) is 8.27. The van der Waals surface area contributed by atoms with Crippen LogP contribution in [0.15, 0.2) is 24.5 Å². The summed E-state index contributed by atoms with van der Waals surface area (Å²) in [4.78, 5) is 14.0. The Morgan fingerprint density at radius 1 is 1.10 bits per heavy atom. The van der Waals surface area contributed by atoms with Gasteiger partial charge in [0, 0.05) is 31.0 Å². The van der Waals surface area contributed by atoms with Gasteiger partial charge in [0.1, 0.15) is 5.82 Å². The third kappa shape index (κ3) is 6.37. The molecular formula is C23H36N6O. The molecule has 0 radical (unpaired) electrons. The van der Waals surface area contributed by atoms with Gasteiger partial charge in [-0.05, 0) is 57.2 Å². The molecule has 0 bridgehead atoms. The topological polar surface area (TPSA) is 95.0 Å². The van der Waals surface area contributed by atoms with E-state index in [1.54, 1.807) is 0 Å². The molecule has 0 unspecified atom stereocenters. The summed E-state index contributed by atoms with van der Waals surface area (Å²) in [7, 11) is 0. The quantitative estimate of drug-likeness (QED) is 0.469. The lowest BCUT2D eigenvalue weighted by Crippen LogP contribution is -2.29. The summed E-state index contributed by atoms with van der Waals surface area (Å²) < 4.78 is 0. The van der Waals surface area contributed by atoms with Gasteiger partial charge in [-0.3, -0.25) is 4.98 Å². The van der Waals surface area contributed by atoms with Crippen LogP contribution in [0.5, 0.6) is 0 Å². The van der Waals surface area contributed by atoms with Crippen molar-refractivity contribution in [3.05, 3.63) is 30.1 Å². The van der Waals surface area contributed by atoms with E-state index in [9.17, 15) is 5.11 Å². The monoisotopic (exact) mass is 412 g/mol. The Balaban J connectivity index is 1.82. The Bertz CT molecular complexity index is 774. The van der Waals surface area contributed by atoms with Gasteiger partial charge in [-0.25, -0.2) is 4.98 Å². The number of anilines is 2. The van der Waals surface area contributed by atoms with Gasteiger partial charge < -0.3 is 21.1 Å². The maximum atomic E-state index is 9.83. The molecule has 7 heteroatoms. The summed E-state index contributed by atoms with van der Waals surface area (Å²) in [6, 6.07) is 4.76. The van der Waals surface area contributed by atoms with Crippen LogP contribution in [-0.2, 0) is 6.54 Å². The Kier molecular flexibility index (Phi) is 8.39. The number of pyridine rings is 1. The average Bonchev–Trinajstić information content (AvgIpc) is 2.75. The number of hydrogen-bond acceptors (Lipinski definition) is 7. The molecule has 0 aromatic carbocycles. The van der Waals surface area contributed by atoms with Crippen LogP contribution in [0.25, 0.3) is 11.3 Å². The third-order valence-electron chi connectivity index (χ3n) is 5.60. The fourth-order valence-corrected chi connectivity index (χ4v) is 3.85. The lowest BCUT2D eigenvalue weighted by atomic mass is 9.93. The predicted molar refractivity (Wildman–Crippen MR) is 123 cm³/mol. The van der Waals surface area contributed by atoms with Crippen LogP contribution < -0.4 is 16.0 Å². The molecule has 1 atom stereocenters. The van der Waals surface area contributed by atoms with Gasteiger partial charge in [-0.1, -0.05) is 26.3 Å². The molecule has 2 heterocycles. The summed E-state index contributed by atoms with van der Waals surface area (Å²) in [5, 5.41) is 20.2. The molecule has 0 saturated heterocycles. The third-order valence-corrected chi connectivity index (χ3v) is 5.60. The minimum atomic E-state index is -0.175. The van der Waals surface area contributed by atoms with E-state index in [-0.39, 0.29) is 6.10 Å². The summed E-state index contributed by atoms with van der Waals surface area (Å²) in [6.45, 7) is 8.18. The first kappa shape index (κ1) is 22.4. The maximum Gasteiger partial charge on any atom is 0.224 e. The largest absolute Gasteiger partial charge is 0.393 e. The van der Waals surface area contributed by atoms with Crippen LogP contribution in [-0.4, -0.2) is 44.8 Å². The van der Waals surface area contributed by atoms with Crippen molar-refractivity contribution in [3.8, 4) is 11.3 Å². The van der Waals surface area contributed by atoms with E-state index in [1.807, 2.05) is 18.5 Å². The zero-order chi connectivity index (χ0) is 21.3. The van der Waals surface area contributed by atoms with Crippen molar-refractivity contribution in [1.29, 1.82) is 0 Å². The fraction of sp³-hybridized carbons (Fsp3) is 0.609. The summed E-state index contributed by atoms with van der Waals surface area (Å²) >= 11 is 0. The Hall–Kier alpha value is -2.25. The normalized spacial score (nSPS) is 20.0. The predicted octanol–water partition coefficient (Wildman–Crippen LogP) is 3.96. The molecule has 164 valence electrons. The van der Waals surface area contributed by atoms with Crippen molar-refractivity contribution in [3.63, 3.8) is 0 Å². The minimum Gasteiger partial charge on any atom is -0.393 e. The second kappa shape index (κ2) is 11.2. The van der Waals surface area contributed by atoms with Gasteiger partial charge in [0.2, 0.25) is 5.95 Å². The van der Waals surface area contributed by atoms with Crippen LogP contribution >= 0.6 is 0 Å². The number of aromatic nitrogens is 3. The van der Waals surface area contributed by atoms with Gasteiger partial charge in [0.15, 0.2) is 0 Å². The molecule has 0 aliphatic heterocycles. The molecule has 3 rings (SSSR count). The number of aliphatic hydroxyl groups is 1. The van der Waals surface area contributed by atoms with E-state index in [1.165, 1.54) is 0 Å². The molecular weight excluding hydrogens is 376 g/mol. The molecule has 2 aromatic rings. The molecule has 1 fully saturated rings. The minimum absolute atomic E-state index is 0.175. The van der Waals surface area contributed by atoms with E-state index in [2.05, 4.69) is 52.8 Å². The SMILES string of the molecule is CCC[C@H](C)Nc1ncc(-c2ccc(CNCC)cn2)c(N[C@H]2CC[C@H](O)CC2)n1. The highest BCUT2D eigenvalue weighted by Gasteiger charge is 2.21. The highest BCUT2D eigenvalue weighted by Crippen LogP contribution is 2.29. The Morgan fingerprint density at radius 3 is 2.57 bits per heavy atom. The smallest absolute Gasteiger partial charge is 0.224 e. The molecule has 2 aromatic heterocycles. The van der Waals surface area contributed by atoms with E-state index in [4.69, 9.17) is 4.98 Å². The zero-order valence-electron chi connectivity index (χ0n) is 18.5. The van der Waals surface area contributed by atoms with Gasteiger partial charge in [0.25, 0.3) is 0 Å². The van der Waals surface area contributed by atoms with Crippen molar-refractivity contribution < 1.29 is 5.11 Å². The molecule has 0 spiro atoms. The molecule has 7 nitrogen and oxygen atoms in total. The Morgan fingerprint density at radius 2 is 1.90 bits per heavy atom. The summed E-state index contributed by atoms with van der Waals surface area (Å²) in [6.07, 6.45) is 9.32. The standard InChI is InChI=1S/C23H36N6O/c1-4-6-16(3)27-23-26-15-20(21-12-7-17(14-25-21)13-24-5-2)22(29-23)28-18-8-10-19(30)11-9-18/h7,12,14-16,18-19,24,30H,4-6,8-11,13H2,1-3H3,(H2,26,27,28,29)/t16-,18-,19-/m0/s1. The number of rotatable bonds is 10. The van der Waals surface area contributed by atoms with E-state index >= 15 is 0 Å². The molecule has 1 saturated carbocycles. The van der Waals surface area contributed by atoms with Crippen LogP contribution in [0.1, 0.15) is 64.9 Å². The molecule has 4 N–H and O–H groups in total. The number of nitrogens with one attached hydrogen (secondary N) is 3. The highest BCUT2D eigenvalue weighted by molar-refractivity contribution is 5.73.